The molecule has 0 atom stereocenters. The van der Waals surface area contributed by atoms with Crippen molar-refractivity contribution in [2.75, 3.05) is 30.3 Å². The van der Waals surface area contributed by atoms with Gasteiger partial charge in [0, 0.05) is 25.2 Å². The molecule has 0 saturated heterocycles. The molecule has 3 rings (SSSR count). The maximum atomic E-state index is 12.9. The predicted octanol–water partition coefficient (Wildman–Crippen LogP) is 3.41. The highest BCUT2D eigenvalue weighted by Gasteiger charge is 2.24. The van der Waals surface area contributed by atoms with Crippen LogP contribution in [-0.4, -0.2) is 50.3 Å². The molecular weight excluding hydrogens is 458 g/mol. The number of nitrogens with zero attached hydrogens (tertiary/aromatic N) is 1. The monoisotopic (exact) mass is 489 g/mol. The Morgan fingerprint density at radius 2 is 1.85 bits per heavy atom. The zero-order chi connectivity index (χ0) is 24.9. The number of anilines is 2. The lowest BCUT2D eigenvalue weighted by atomic mass is 10.0. The fourth-order valence-electron chi connectivity index (χ4n) is 3.62. The van der Waals surface area contributed by atoms with Crippen molar-refractivity contribution in [2.45, 2.75) is 51.5 Å². The molecule has 0 unspecified atom stereocenters. The molecule has 9 nitrogen and oxygen atoms in total. The molecule has 184 valence electrons. The van der Waals surface area contributed by atoms with E-state index in [-0.39, 0.29) is 29.2 Å². The van der Waals surface area contributed by atoms with Gasteiger partial charge in [0.15, 0.2) is 6.61 Å². The van der Waals surface area contributed by atoms with Gasteiger partial charge in [-0.2, -0.15) is 4.31 Å². The average molecular weight is 490 g/mol. The molecule has 0 aliphatic carbocycles. The number of sulfonamides is 1. The Balaban J connectivity index is 1.76. The molecule has 0 bridgehead atoms. The van der Waals surface area contributed by atoms with Gasteiger partial charge >= 0.3 is 0 Å². The van der Waals surface area contributed by atoms with Crippen LogP contribution in [0.4, 0.5) is 11.4 Å². The highest BCUT2D eigenvalue weighted by Crippen LogP contribution is 2.30. The first-order chi connectivity index (χ1) is 16.1. The van der Waals surface area contributed by atoms with E-state index in [1.807, 2.05) is 13.8 Å². The van der Waals surface area contributed by atoms with E-state index in [0.29, 0.717) is 37.4 Å². The van der Waals surface area contributed by atoms with Crippen molar-refractivity contribution in [1.82, 2.24) is 4.31 Å². The first kappa shape index (κ1) is 25.5. The van der Waals surface area contributed by atoms with Crippen LogP contribution in [0.25, 0.3) is 0 Å². The van der Waals surface area contributed by atoms with Crippen LogP contribution in [0.5, 0.6) is 11.5 Å². The molecule has 1 heterocycles. The molecule has 2 amide bonds. The van der Waals surface area contributed by atoms with E-state index in [0.717, 1.165) is 11.3 Å². The topological polar surface area (TPSA) is 114 Å². The second kappa shape index (κ2) is 10.9. The molecule has 34 heavy (non-hydrogen) atoms. The van der Waals surface area contributed by atoms with Gasteiger partial charge in [0.2, 0.25) is 15.9 Å². The normalized spacial score (nSPS) is 13.4. The summed E-state index contributed by atoms with van der Waals surface area (Å²) >= 11 is 0. The number of aryl methyl sites for hydroxylation is 1. The number of carbonyl (C=O) groups excluding carboxylic acids is 2. The van der Waals surface area contributed by atoms with E-state index in [4.69, 9.17) is 9.47 Å². The third kappa shape index (κ3) is 6.06. The molecular formula is C24H31N3O6S. The van der Waals surface area contributed by atoms with Gasteiger partial charge in [0.05, 0.1) is 16.7 Å². The van der Waals surface area contributed by atoms with Crippen molar-refractivity contribution in [3.05, 3.63) is 42.0 Å². The summed E-state index contributed by atoms with van der Waals surface area (Å²) in [7, 11) is -3.71. The fraction of sp³-hybridized carbons (Fsp3) is 0.417. The summed E-state index contributed by atoms with van der Waals surface area (Å²) in [6.45, 7) is 7.62. The van der Waals surface area contributed by atoms with E-state index in [2.05, 4.69) is 10.6 Å². The maximum Gasteiger partial charge on any atom is 0.262 e. The average Bonchev–Trinajstić information content (AvgIpc) is 2.79. The van der Waals surface area contributed by atoms with Crippen molar-refractivity contribution in [1.29, 1.82) is 0 Å². The summed E-state index contributed by atoms with van der Waals surface area (Å²) in [5, 5.41) is 5.51. The van der Waals surface area contributed by atoms with Crippen LogP contribution < -0.4 is 20.1 Å². The Morgan fingerprint density at radius 3 is 2.53 bits per heavy atom. The minimum Gasteiger partial charge on any atom is -0.489 e. The van der Waals surface area contributed by atoms with Gasteiger partial charge in [-0.25, -0.2) is 8.42 Å². The third-order valence-electron chi connectivity index (χ3n) is 5.27. The van der Waals surface area contributed by atoms with E-state index < -0.39 is 15.9 Å². The molecule has 0 fully saturated rings. The molecule has 2 aromatic rings. The largest absolute Gasteiger partial charge is 0.489 e. The summed E-state index contributed by atoms with van der Waals surface area (Å²) in [5.74, 6) is 0.384. The second-order valence-corrected chi connectivity index (χ2v) is 10.1. The van der Waals surface area contributed by atoms with Gasteiger partial charge in [-0.05, 0) is 62.2 Å². The molecule has 0 saturated carbocycles. The lowest BCUT2D eigenvalue weighted by Crippen LogP contribution is -2.30. The Hall–Kier alpha value is -3.11. The molecule has 1 aliphatic rings. The number of hydrogen-bond donors (Lipinski definition) is 2. The van der Waals surface area contributed by atoms with Crippen LogP contribution in [0, 0.1) is 0 Å². The molecule has 0 radical (unpaired) electrons. The predicted molar refractivity (Wildman–Crippen MR) is 130 cm³/mol. The zero-order valence-electron chi connectivity index (χ0n) is 19.9. The summed E-state index contributed by atoms with van der Waals surface area (Å²) in [6.07, 6.45) is 0.837. The molecule has 2 N–H and O–H groups in total. The van der Waals surface area contributed by atoms with Gasteiger partial charge in [0.25, 0.3) is 5.91 Å². The minimum absolute atomic E-state index is 0.0230. The lowest BCUT2D eigenvalue weighted by Gasteiger charge is -2.21. The molecule has 1 aliphatic heterocycles. The molecule has 10 heteroatoms. The molecule has 2 aromatic carbocycles. The van der Waals surface area contributed by atoms with E-state index >= 15 is 0 Å². The van der Waals surface area contributed by atoms with Gasteiger partial charge in [-0.15, -0.1) is 0 Å². The van der Waals surface area contributed by atoms with Crippen LogP contribution in [0.1, 0.15) is 39.7 Å². The van der Waals surface area contributed by atoms with Crippen LogP contribution in [-0.2, 0) is 26.0 Å². The first-order valence-corrected chi connectivity index (χ1v) is 12.7. The van der Waals surface area contributed by atoms with Crippen molar-refractivity contribution in [3.63, 3.8) is 0 Å². The van der Waals surface area contributed by atoms with Crippen molar-refractivity contribution in [3.8, 4) is 11.5 Å². The number of carbonyl (C=O) groups is 2. The number of rotatable bonds is 10. The number of nitrogens with one attached hydrogen (secondary N) is 2. The van der Waals surface area contributed by atoms with E-state index in [1.165, 1.54) is 16.4 Å². The van der Waals surface area contributed by atoms with Gasteiger partial charge in [-0.3, -0.25) is 9.59 Å². The van der Waals surface area contributed by atoms with Crippen LogP contribution in [0.3, 0.4) is 0 Å². The zero-order valence-corrected chi connectivity index (χ0v) is 20.7. The Labute approximate surface area is 200 Å². The quantitative estimate of drug-likeness (QED) is 0.529. The van der Waals surface area contributed by atoms with Crippen LogP contribution >= 0.6 is 0 Å². The maximum absolute atomic E-state index is 12.9. The van der Waals surface area contributed by atoms with Gasteiger partial charge in [0.1, 0.15) is 11.5 Å². The van der Waals surface area contributed by atoms with Crippen molar-refractivity contribution >= 4 is 33.2 Å². The van der Waals surface area contributed by atoms with Crippen LogP contribution in [0.2, 0.25) is 0 Å². The van der Waals surface area contributed by atoms with Crippen molar-refractivity contribution < 1.29 is 27.5 Å². The standard InChI is InChI=1S/C24H31N3O6S/c1-5-27(6-2)34(30,31)19-9-11-22(33-16(3)4)21(14-19)26-24(29)15-32-18-8-10-20-17(13-18)7-12-23(28)25-20/h8-11,13-14,16H,5-7,12,15H2,1-4H3,(H,25,28)(H,26,29). The smallest absolute Gasteiger partial charge is 0.262 e. The number of hydrogen-bond acceptors (Lipinski definition) is 6. The molecule has 0 spiro atoms. The summed E-state index contributed by atoms with van der Waals surface area (Å²) in [6, 6.07) is 9.66. The van der Waals surface area contributed by atoms with E-state index in [1.54, 1.807) is 38.1 Å². The minimum atomic E-state index is -3.71. The molecule has 0 aromatic heterocycles. The van der Waals surface area contributed by atoms with Gasteiger partial charge < -0.3 is 20.1 Å². The first-order valence-electron chi connectivity index (χ1n) is 11.3. The Bertz CT molecular complexity index is 1160. The SMILES string of the molecule is CCN(CC)S(=O)(=O)c1ccc(OC(C)C)c(NC(=O)COc2ccc3c(c2)CCC(=O)N3)c1. The number of fused-ring (bicyclic) bond motifs is 1. The number of amides is 2. The Morgan fingerprint density at radius 1 is 1.12 bits per heavy atom. The second-order valence-electron chi connectivity index (χ2n) is 8.12. The van der Waals surface area contributed by atoms with Crippen LogP contribution in [0.15, 0.2) is 41.3 Å². The van der Waals surface area contributed by atoms with Gasteiger partial charge in [-0.1, -0.05) is 13.8 Å². The number of benzene rings is 2. The fourth-order valence-corrected chi connectivity index (χ4v) is 5.11. The highest BCUT2D eigenvalue weighted by atomic mass is 32.2. The highest BCUT2D eigenvalue weighted by molar-refractivity contribution is 7.89. The summed E-state index contributed by atoms with van der Waals surface area (Å²) < 4.78 is 38.6. The lowest BCUT2D eigenvalue weighted by molar-refractivity contribution is -0.118. The summed E-state index contributed by atoms with van der Waals surface area (Å²) in [5.41, 5.74) is 1.94. The summed E-state index contributed by atoms with van der Waals surface area (Å²) in [4.78, 5) is 24.2. The van der Waals surface area contributed by atoms with Crippen molar-refractivity contribution in [2.24, 2.45) is 0 Å². The third-order valence-corrected chi connectivity index (χ3v) is 7.32. The Kier molecular flexibility index (Phi) is 8.16. The number of ether oxygens (including phenoxy) is 2. The van der Waals surface area contributed by atoms with E-state index in [9.17, 15) is 18.0 Å².